The summed E-state index contributed by atoms with van der Waals surface area (Å²) in [5.41, 5.74) is 4.11. The van der Waals surface area contributed by atoms with Crippen LogP contribution in [0.2, 0.25) is 0 Å². The molecule has 2 aromatic carbocycles. The summed E-state index contributed by atoms with van der Waals surface area (Å²) in [6, 6.07) is 13.4. The van der Waals surface area contributed by atoms with Gasteiger partial charge in [-0.25, -0.2) is 4.98 Å². The molecule has 1 aromatic heterocycles. The summed E-state index contributed by atoms with van der Waals surface area (Å²) < 4.78 is 1.48. The Kier molecular flexibility index (Phi) is 4.65. The highest BCUT2D eigenvalue weighted by Gasteiger charge is 2.18. The number of fused-ring (bicyclic) bond motifs is 1. The Hall–Kier alpha value is -2.95. The molecular weight excluding hydrogens is 314 g/mol. The van der Waals surface area contributed by atoms with Crippen LogP contribution in [0.5, 0.6) is 0 Å². The van der Waals surface area contributed by atoms with Gasteiger partial charge in [-0.3, -0.25) is 14.2 Å². The highest BCUT2D eigenvalue weighted by Crippen LogP contribution is 2.22. The van der Waals surface area contributed by atoms with Crippen LogP contribution in [0.4, 0.5) is 5.69 Å². The molecule has 0 atom stereocenters. The fourth-order valence-corrected chi connectivity index (χ4v) is 2.99. The lowest BCUT2D eigenvalue weighted by molar-refractivity contribution is -0.119. The molecular formula is C20H21N3O2. The first-order valence-electron chi connectivity index (χ1n) is 8.33. The Morgan fingerprint density at radius 1 is 1.16 bits per heavy atom. The van der Waals surface area contributed by atoms with Crippen LogP contribution in [-0.2, 0) is 11.3 Å². The molecule has 5 nitrogen and oxygen atoms in total. The molecule has 0 bridgehead atoms. The first kappa shape index (κ1) is 16.9. The van der Waals surface area contributed by atoms with Gasteiger partial charge in [0.15, 0.2) is 0 Å². The average Bonchev–Trinajstić information content (AvgIpc) is 2.61. The van der Waals surface area contributed by atoms with Crippen molar-refractivity contribution in [3.05, 3.63) is 70.1 Å². The molecule has 1 heterocycles. The predicted octanol–water partition coefficient (Wildman–Crippen LogP) is 3.07. The smallest absolute Gasteiger partial charge is 0.269 e. The SMILES string of the molecule is CCN(C(=O)Cn1c(=O)cnc2ccccc21)c1cc(C)ccc1C. The lowest BCUT2D eigenvalue weighted by Gasteiger charge is -2.24. The minimum atomic E-state index is -0.274. The van der Waals surface area contributed by atoms with Gasteiger partial charge in [0.2, 0.25) is 5.91 Å². The summed E-state index contributed by atoms with van der Waals surface area (Å²) in [5, 5.41) is 0. The van der Waals surface area contributed by atoms with E-state index in [0.717, 1.165) is 16.8 Å². The van der Waals surface area contributed by atoms with E-state index in [0.29, 0.717) is 17.6 Å². The number of carbonyl (C=O) groups excluding carboxylic acids is 1. The van der Waals surface area contributed by atoms with Gasteiger partial charge in [0.05, 0.1) is 17.2 Å². The van der Waals surface area contributed by atoms with Crippen LogP contribution >= 0.6 is 0 Å². The maximum atomic E-state index is 12.9. The molecule has 0 spiro atoms. The van der Waals surface area contributed by atoms with E-state index in [1.165, 1.54) is 10.8 Å². The van der Waals surface area contributed by atoms with E-state index in [4.69, 9.17) is 0 Å². The fourth-order valence-electron chi connectivity index (χ4n) is 2.99. The third-order valence-corrected chi connectivity index (χ3v) is 4.32. The molecule has 128 valence electrons. The second kappa shape index (κ2) is 6.89. The zero-order valence-corrected chi connectivity index (χ0v) is 14.7. The molecule has 0 fully saturated rings. The van der Waals surface area contributed by atoms with Crippen molar-refractivity contribution in [3.8, 4) is 0 Å². The van der Waals surface area contributed by atoms with E-state index in [9.17, 15) is 9.59 Å². The third kappa shape index (κ3) is 3.31. The second-order valence-electron chi connectivity index (χ2n) is 6.10. The molecule has 0 aliphatic rings. The van der Waals surface area contributed by atoms with Crippen LogP contribution in [0, 0.1) is 13.8 Å². The Bertz CT molecular complexity index is 992. The summed E-state index contributed by atoms with van der Waals surface area (Å²) in [5.74, 6) is -0.116. The van der Waals surface area contributed by atoms with Crippen molar-refractivity contribution in [3.63, 3.8) is 0 Å². The summed E-state index contributed by atoms with van der Waals surface area (Å²) in [7, 11) is 0. The summed E-state index contributed by atoms with van der Waals surface area (Å²) in [6.07, 6.45) is 1.27. The maximum absolute atomic E-state index is 12.9. The molecule has 0 saturated carbocycles. The van der Waals surface area contributed by atoms with Crippen LogP contribution in [0.15, 0.2) is 53.5 Å². The molecule has 0 saturated heterocycles. The van der Waals surface area contributed by atoms with E-state index in [1.54, 1.807) is 4.90 Å². The van der Waals surface area contributed by atoms with Crippen molar-refractivity contribution in [2.45, 2.75) is 27.3 Å². The zero-order valence-electron chi connectivity index (χ0n) is 14.7. The number of benzene rings is 2. The first-order chi connectivity index (χ1) is 12.0. The summed E-state index contributed by atoms with van der Waals surface area (Å²) in [6.45, 7) is 6.46. The highest BCUT2D eigenvalue weighted by molar-refractivity contribution is 5.94. The average molecular weight is 335 g/mol. The largest absolute Gasteiger partial charge is 0.311 e. The monoisotopic (exact) mass is 335 g/mol. The first-order valence-corrected chi connectivity index (χ1v) is 8.33. The molecule has 3 rings (SSSR count). The molecule has 0 radical (unpaired) electrons. The van der Waals surface area contributed by atoms with Crippen LogP contribution in [-0.4, -0.2) is 22.0 Å². The standard InChI is InChI=1S/C20H21N3O2/c1-4-22(18-11-14(2)9-10-15(18)3)20(25)13-23-17-8-6-5-7-16(17)21-12-19(23)24/h5-12H,4,13H2,1-3H3. The van der Waals surface area contributed by atoms with Crippen LogP contribution in [0.1, 0.15) is 18.1 Å². The number of rotatable bonds is 4. The van der Waals surface area contributed by atoms with Gasteiger partial charge >= 0.3 is 0 Å². The predicted molar refractivity (Wildman–Crippen MR) is 99.9 cm³/mol. The Morgan fingerprint density at radius 3 is 2.68 bits per heavy atom. The highest BCUT2D eigenvalue weighted by atomic mass is 16.2. The van der Waals surface area contributed by atoms with Gasteiger partial charge in [0.1, 0.15) is 6.54 Å². The summed E-state index contributed by atoms with van der Waals surface area (Å²) in [4.78, 5) is 31.1. The lowest BCUT2D eigenvalue weighted by Crippen LogP contribution is -2.37. The number of carbonyl (C=O) groups is 1. The number of hydrogen-bond acceptors (Lipinski definition) is 3. The van der Waals surface area contributed by atoms with Crippen molar-refractivity contribution in [1.29, 1.82) is 0 Å². The van der Waals surface area contributed by atoms with E-state index >= 15 is 0 Å². The topological polar surface area (TPSA) is 55.2 Å². The molecule has 5 heteroatoms. The van der Waals surface area contributed by atoms with Crippen LogP contribution in [0.3, 0.4) is 0 Å². The molecule has 1 amide bonds. The van der Waals surface area contributed by atoms with Crippen LogP contribution < -0.4 is 10.5 Å². The van der Waals surface area contributed by atoms with Gasteiger partial charge in [-0.15, -0.1) is 0 Å². The minimum Gasteiger partial charge on any atom is -0.311 e. The molecule has 25 heavy (non-hydrogen) atoms. The molecule has 3 aromatic rings. The van der Waals surface area contributed by atoms with Crippen LogP contribution in [0.25, 0.3) is 11.0 Å². The third-order valence-electron chi connectivity index (χ3n) is 4.32. The molecule has 0 aliphatic heterocycles. The van der Waals surface area contributed by atoms with Crippen molar-refractivity contribution < 1.29 is 4.79 Å². The van der Waals surface area contributed by atoms with Gasteiger partial charge in [-0.2, -0.15) is 0 Å². The minimum absolute atomic E-state index is 0.0108. The number of para-hydroxylation sites is 2. The van der Waals surface area contributed by atoms with E-state index in [2.05, 4.69) is 4.98 Å². The number of aryl methyl sites for hydroxylation is 2. The maximum Gasteiger partial charge on any atom is 0.269 e. The number of likely N-dealkylation sites (N-methyl/N-ethyl adjacent to an activating group) is 1. The normalized spacial score (nSPS) is 10.8. The molecule has 0 unspecified atom stereocenters. The number of aromatic nitrogens is 2. The quantitative estimate of drug-likeness (QED) is 0.736. The number of anilines is 1. The van der Waals surface area contributed by atoms with E-state index in [-0.39, 0.29) is 18.0 Å². The number of nitrogens with zero attached hydrogens (tertiary/aromatic N) is 3. The van der Waals surface area contributed by atoms with Gasteiger partial charge in [-0.1, -0.05) is 24.3 Å². The van der Waals surface area contributed by atoms with Gasteiger partial charge in [-0.05, 0) is 50.1 Å². The Morgan fingerprint density at radius 2 is 1.92 bits per heavy atom. The van der Waals surface area contributed by atoms with E-state index < -0.39 is 0 Å². The molecule has 0 N–H and O–H groups in total. The number of hydrogen-bond donors (Lipinski definition) is 0. The molecule has 0 aliphatic carbocycles. The van der Waals surface area contributed by atoms with Crippen molar-refractivity contribution in [2.75, 3.05) is 11.4 Å². The summed E-state index contributed by atoms with van der Waals surface area (Å²) >= 11 is 0. The van der Waals surface area contributed by atoms with E-state index in [1.807, 2.05) is 63.2 Å². The second-order valence-corrected chi connectivity index (χ2v) is 6.10. The van der Waals surface area contributed by atoms with Gasteiger partial charge in [0, 0.05) is 12.2 Å². The van der Waals surface area contributed by atoms with Crippen molar-refractivity contribution in [2.24, 2.45) is 0 Å². The van der Waals surface area contributed by atoms with Crippen molar-refractivity contribution >= 4 is 22.6 Å². The zero-order chi connectivity index (χ0) is 18.0. The Balaban J connectivity index is 2.00. The van der Waals surface area contributed by atoms with Crippen molar-refractivity contribution in [1.82, 2.24) is 9.55 Å². The van der Waals surface area contributed by atoms with Gasteiger partial charge in [0.25, 0.3) is 5.56 Å². The fraction of sp³-hybridized carbons (Fsp3) is 0.250. The number of amides is 1. The van der Waals surface area contributed by atoms with Gasteiger partial charge < -0.3 is 4.90 Å². The Labute approximate surface area is 146 Å². The lowest BCUT2D eigenvalue weighted by atomic mass is 10.1.